The van der Waals surface area contributed by atoms with Crippen LogP contribution in [0.1, 0.15) is 15.9 Å². The predicted molar refractivity (Wildman–Crippen MR) is 116 cm³/mol. The first-order chi connectivity index (χ1) is 15.8. The summed E-state index contributed by atoms with van der Waals surface area (Å²) >= 11 is 0. The summed E-state index contributed by atoms with van der Waals surface area (Å²) in [6, 6.07) is 13.8. The minimum atomic E-state index is -4.55. The highest BCUT2D eigenvalue weighted by Crippen LogP contribution is 2.34. The van der Waals surface area contributed by atoms with Gasteiger partial charge >= 0.3 is 6.18 Å². The Labute approximate surface area is 188 Å². The molecule has 1 aliphatic heterocycles. The van der Waals surface area contributed by atoms with Gasteiger partial charge in [-0.3, -0.25) is 14.5 Å². The van der Waals surface area contributed by atoms with Gasteiger partial charge in [-0.25, -0.2) is 4.68 Å². The van der Waals surface area contributed by atoms with Crippen LogP contribution in [0.4, 0.5) is 18.9 Å². The van der Waals surface area contributed by atoms with Gasteiger partial charge in [-0.2, -0.15) is 18.3 Å². The van der Waals surface area contributed by atoms with E-state index in [0.717, 1.165) is 11.8 Å². The summed E-state index contributed by atoms with van der Waals surface area (Å²) in [5, 5.41) is 6.51. The van der Waals surface area contributed by atoms with Crippen LogP contribution in [-0.2, 0) is 11.0 Å². The fourth-order valence-electron chi connectivity index (χ4n) is 3.70. The lowest BCUT2D eigenvalue weighted by Gasteiger charge is -2.34. The molecule has 0 aliphatic carbocycles. The number of para-hydroxylation sites is 1. The van der Waals surface area contributed by atoms with Gasteiger partial charge in [0.25, 0.3) is 5.91 Å². The minimum absolute atomic E-state index is 0.0488. The van der Waals surface area contributed by atoms with Gasteiger partial charge in [0.2, 0.25) is 5.91 Å². The highest BCUT2D eigenvalue weighted by Gasteiger charge is 2.33. The van der Waals surface area contributed by atoms with Crippen LogP contribution < -0.4 is 5.32 Å². The number of aromatic nitrogens is 2. The summed E-state index contributed by atoms with van der Waals surface area (Å²) in [6.45, 7) is 1.70. The van der Waals surface area contributed by atoms with E-state index in [1.807, 2.05) is 29.3 Å². The van der Waals surface area contributed by atoms with Crippen LogP contribution in [0.3, 0.4) is 0 Å². The molecule has 1 N–H and O–H groups in total. The average Bonchev–Trinajstić information content (AvgIpc) is 3.34. The Kier molecular flexibility index (Phi) is 6.45. The van der Waals surface area contributed by atoms with E-state index in [1.54, 1.807) is 27.9 Å². The van der Waals surface area contributed by atoms with Crippen LogP contribution >= 0.6 is 0 Å². The average molecular weight is 457 g/mol. The number of alkyl halides is 3. The molecule has 3 aromatic rings. The predicted octanol–water partition coefficient (Wildman–Crippen LogP) is 3.29. The number of nitrogens with zero attached hydrogens (tertiary/aromatic N) is 4. The lowest BCUT2D eigenvalue weighted by atomic mass is 10.1. The molecule has 1 aromatic heterocycles. The van der Waals surface area contributed by atoms with Crippen molar-refractivity contribution in [2.45, 2.75) is 6.18 Å². The van der Waals surface area contributed by atoms with Gasteiger partial charge < -0.3 is 10.2 Å². The minimum Gasteiger partial charge on any atom is -0.336 e. The van der Waals surface area contributed by atoms with Crippen LogP contribution in [0.25, 0.3) is 5.69 Å². The van der Waals surface area contributed by atoms with Crippen molar-refractivity contribution in [2.75, 3.05) is 38.0 Å². The maximum atomic E-state index is 13.1. The standard InChI is InChI=1S/C23H22F3N5O2/c24-23(25,26)19-4-1-2-5-20(19)28-21(32)16-29-12-14-30(15-13-29)22(33)17-6-8-18(9-7-17)31-11-3-10-27-31/h1-11H,12-16H2,(H,28,32). The molecule has 33 heavy (non-hydrogen) atoms. The molecule has 10 heteroatoms. The number of rotatable bonds is 5. The Morgan fingerprint density at radius 2 is 1.64 bits per heavy atom. The molecule has 1 aliphatic rings. The Balaban J connectivity index is 1.29. The second kappa shape index (κ2) is 9.45. The van der Waals surface area contributed by atoms with Crippen molar-refractivity contribution in [3.05, 3.63) is 78.1 Å². The molecule has 2 heterocycles. The first-order valence-corrected chi connectivity index (χ1v) is 10.4. The van der Waals surface area contributed by atoms with Crippen LogP contribution in [0.15, 0.2) is 67.0 Å². The second-order valence-electron chi connectivity index (χ2n) is 7.66. The van der Waals surface area contributed by atoms with E-state index in [9.17, 15) is 22.8 Å². The molecule has 1 fully saturated rings. The van der Waals surface area contributed by atoms with E-state index in [-0.39, 0.29) is 18.1 Å². The van der Waals surface area contributed by atoms with Crippen molar-refractivity contribution in [2.24, 2.45) is 0 Å². The highest BCUT2D eigenvalue weighted by atomic mass is 19.4. The van der Waals surface area contributed by atoms with Gasteiger partial charge in [0.15, 0.2) is 0 Å². The molecule has 2 amide bonds. The lowest BCUT2D eigenvalue weighted by Crippen LogP contribution is -2.50. The summed E-state index contributed by atoms with van der Waals surface area (Å²) in [4.78, 5) is 28.6. The monoisotopic (exact) mass is 457 g/mol. The zero-order valence-corrected chi connectivity index (χ0v) is 17.6. The molecule has 2 aromatic carbocycles. The topological polar surface area (TPSA) is 70.5 Å². The van der Waals surface area contributed by atoms with E-state index < -0.39 is 17.6 Å². The van der Waals surface area contributed by atoms with Crippen LogP contribution in [0.5, 0.6) is 0 Å². The summed E-state index contributed by atoms with van der Waals surface area (Å²) in [5.41, 5.74) is 0.259. The zero-order valence-electron chi connectivity index (χ0n) is 17.6. The van der Waals surface area contributed by atoms with Gasteiger partial charge in [-0.05, 0) is 42.5 Å². The number of amides is 2. The Morgan fingerprint density at radius 3 is 2.27 bits per heavy atom. The molecule has 172 valence electrons. The number of anilines is 1. The van der Waals surface area contributed by atoms with Crippen molar-refractivity contribution in [1.82, 2.24) is 19.6 Å². The van der Waals surface area contributed by atoms with Crippen molar-refractivity contribution in [3.63, 3.8) is 0 Å². The largest absolute Gasteiger partial charge is 0.418 e. The molecular formula is C23H22F3N5O2. The van der Waals surface area contributed by atoms with Crippen molar-refractivity contribution >= 4 is 17.5 Å². The van der Waals surface area contributed by atoms with Gasteiger partial charge in [-0.15, -0.1) is 0 Å². The molecule has 0 saturated carbocycles. The van der Waals surface area contributed by atoms with Crippen molar-refractivity contribution in [3.8, 4) is 5.69 Å². The molecule has 7 nitrogen and oxygen atoms in total. The first-order valence-electron chi connectivity index (χ1n) is 10.4. The first kappa shape index (κ1) is 22.5. The number of benzene rings is 2. The molecule has 0 bridgehead atoms. The van der Waals surface area contributed by atoms with Crippen molar-refractivity contribution in [1.29, 1.82) is 0 Å². The highest BCUT2D eigenvalue weighted by molar-refractivity contribution is 5.95. The number of hydrogen-bond donors (Lipinski definition) is 1. The number of hydrogen-bond acceptors (Lipinski definition) is 4. The van der Waals surface area contributed by atoms with Crippen molar-refractivity contribution < 1.29 is 22.8 Å². The number of piperazine rings is 1. The Bertz CT molecular complexity index is 1110. The third kappa shape index (κ3) is 5.40. The molecule has 1 saturated heterocycles. The van der Waals surface area contributed by atoms with Gasteiger partial charge in [0, 0.05) is 44.1 Å². The molecule has 0 spiro atoms. The molecule has 0 radical (unpaired) electrons. The maximum absolute atomic E-state index is 13.1. The van der Waals surface area contributed by atoms with Gasteiger partial charge in [0.05, 0.1) is 23.5 Å². The quantitative estimate of drug-likeness (QED) is 0.639. The fraction of sp³-hybridized carbons (Fsp3) is 0.261. The molecule has 0 atom stereocenters. The van der Waals surface area contributed by atoms with Crippen LogP contribution in [-0.4, -0.2) is 64.1 Å². The third-order valence-corrected chi connectivity index (χ3v) is 5.42. The normalized spacial score (nSPS) is 14.8. The van der Waals surface area contributed by atoms with Gasteiger partial charge in [0.1, 0.15) is 0 Å². The third-order valence-electron chi connectivity index (χ3n) is 5.42. The maximum Gasteiger partial charge on any atom is 0.418 e. The fourth-order valence-corrected chi connectivity index (χ4v) is 3.70. The number of carbonyl (C=O) groups excluding carboxylic acids is 2. The van der Waals surface area contributed by atoms with E-state index >= 15 is 0 Å². The Hall–Kier alpha value is -3.66. The molecular weight excluding hydrogens is 435 g/mol. The zero-order chi connectivity index (χ0) is 23.4. The molecule has 0 unspecified atom stereocenters. The number of halogens is 3. The SMILES string of the molecule is O=C(CN1CCN(C(=O)c2ccc(-n3cccn3)cc2)CC1)Nc1ccccc1C(F)(F)F. The molecule has 4 rings (SSSR count). The van der Waals surface area contributed by atoms with E-state index in [2.05, 4.69) is 10.4 Å². The van der Waals surface area contributed by atoms with Crippen LogP contribution in [0.2, 0.25) is 0 Å². The number of nitrogens with one attached hydrogen (secondary N) is 1. The summed E-state index contributed by atoms with van der Waals surface area (Å²) < 4.78 is 41.0. The Morgan fingerprint density at radius 1 is 0.939 bits per heavy atom. The van der Waals surface area contributed by atoms with Gasteiger partial charge in [-0.1, -0.05) is 12.1 Å². The smallest absolute Gasteiger partial charge is 0.336 e. The summed E-state index contributed by atoms with van der Waals surface area (Å²) in [6.07, 6.45) is -1.06. The summed E-state index contributed by atoms with van der Waals surface area (Å²) in [5.74, 6) is -0.633. The summed E-state index contributed by atoms with van der Waals surface area (Å²) in [7, 11) is 0. The van der Waals surface area contributed by atoms with E-state index in [0.29, 0.717) is 31.7 Å². The number of carbonyl (C=O) groups is 2. The second-order valence-corrected chi connectivity index (χ2v) is 7.66. The van der Waals surface area contributed by atoms with E-state index in [4.69, 9.17) is 0 Å². The van der Waals surface area contributed by atoms with E-state index in [1.165, 1.54) is 18.2 Å². The lowest BCUT2D eigenvalue weighted by molar-refractivity contribution is -0.137. The van der Waals surface area contributed by atoms with Crippen LogP contribution in [0, 0.1) is 0 Å².